The molecule has 24 heteroatoms. The zero-order valence-electron chi connectivity index (χ0n) is 83.6. The van der Waals surface area contributed by atoms with Crippen LogP contribution in [0.3, 0.4) is 0 Å². The fraction of sp³-hybridized carbons (Fsp3) is 0.722. The zero-order chi connectivity index (χ0) is 97.2. The van der Waals surface area contributed by atoms with Crippen LogP contribution in [0.15, 0.2) is 112 Å². The number of aliphatic carboxylic acids is 1. The second kappa shape index (κ2) is 49.5. The van der Waals surface area contributed by atoms with E-state index in [-0.39, 0.29) is 143 Å². The molecule has 15 unspecified atom stereocenters. The Hall–Kier alpha value is -8.24. The molecule has 1 heterocycles. The van der Waals surface area contributed by atoms with Crippen molar-refractivity contribution in [1.29, 1.82) is 0 Å². The maximum absolute atomic E-state index is 14.4. The van der Waals surface area contributed by atoms with Gasteiger partial charge in [-0.05, 0) is 263 Å². The van der Waals surface area contributed by atoms with Crippen LogP contribution in [0.25, 0.3) is 20.9 Å². The van der Waals surface area contributed by atoms with Crippen LogP contribution in [0.4, 0.5) is 0 Å². The summed E-state index contributed by atoms with van der Waals surface area (Å²) >= 11 is 0. The molecule has 0 saturated heterocycles. The first-order valence-corrected chi connectivity index (χ1v) is 49.9. The maximum Gasteiger partial charge on any atom is 0.317 e. The van der Waals surface area contributed by atoms with E-state index in [2.05, 4.69) is 167 Å². The maximum atomic E-state index is 14.4. The van der Waals surface area contributed by atoms with Crippen molar-refractivity contribution in [3.8, 4) is 11.5 Å². The van der Waals surface area contributed by atoms with E-state index in [1.54, 1.807) is 14.2 Å². The lowest BCUT2D eigenvalue weighted by Gasteiger charge is -2.49. The van der Waals surface area contributed by atoms with Gasteiger partial charge >= 0.3 is 17.9 Å². The van der Waals surface area contributed by atoms with E-state index in [4.69, 9.17) is 53.6 Å². The summed E-state index contributed by atoms with van der Waals surface area (Å²) in [5.74, 6) is 1.44. The molecule has 2 aromatic carbocycles. The van der Waals surface area contributed by atoms with E-state index < -0.39 is 44.6 Å². The van der Waals surface area contributed by atoms with Gasteiger partial charge in [-0.25, -0.2) is 0 Å². The molecule has 732 valence electrons. The van der Waals surface area contributed by atoms with Crippen molar-refractivity contribution >= 4 is 43.2 Å². The summed E-state index contributed by atoms with van der Waals surface area (Å²) in [5.41, 5.74) is 20.1. The number of unbranched alkanes of at least 4 members (excludes halogenated alkanes) is 6. The lowest BCUT2D eigenvalue weighted by molar-refractivity contribution is -0.167. The number of benzene rings is 2. The third-order valence-electron chi connectivity index (χ3n) is 31.9. The van der Waals surface area contributed by atoms with Crippen LogP contribution >= 0.6 is 0 Å². The summed E-state index contributed by atoms with van der Waals surface area (Å²) in [5, 5.41) is 36.8. The molecule has 24 nitrogen and oxygen atoms in total. The molecule has 0 amide bonds. The smallest absolute Gasteiger partial charge is 0.317 e. The first-order chi connectivity index (χ1) is 62.9. The average Bonchev–Trinajstić information content (AvgIpc) is 1.52. The zero-order valence-corrected chi connectivity index (χ0v) is 83.6. The molecule has 9 aliphatic rings. The fourth-order valence-corrected chi connectivity index (χ4v) is 25.4. The van der Waals surface area contributed by atoms with Gasteiger partial charge in [0.2, 0.25) is 0 Å². The average molecular weight is 1830 g/mol. The van der Waals surface area contributed by atoms with E-state index in [1.807, 2.05) is 62.4 Å². The van der Waals surface area contributed by atoms with Crippen LogP contribution in [0, 0.1) is 121 Å². The van der Waals surface area contributed by atoms with Crippen molar-refractivity contribution in [3.05, 3.63) is 145 Å². The summed E-state index contributed by atoms with van der Waals surface area (Å²) < 4.78 is 40.0. The summed E-state index contributed by atoms with van der Waals surface area (Å²) in [7, 11) is 3.24. The molecule has 6 saturated carbocycles. The second-order valence-electron chi connectivity index (χ2n) is 42.8. The molecule has 0 radical (unpaired) electrons. The van der Waals surface area contributed by atoms with Gasteiger partial charge in [0.15, 0.2) is 0 Å². The number of azide groups is 2. The van der Waals surface area contributed by atoms with Gasteiger partial charge in [-0.2, -0.15) is 0 Å². The number of carbonyl (C=O) groups excluding carboxylic acids is 5. The van der Waals surface area contributed by atoms with Gasteiger partial charge in [-0.3, -0.25) is 24.2 Å². The summed E-state index contributed by atoms with van der Waals surface area (Å²) in [6.45, 7) is 43.2. The van der Waals surface area contributed by atoms with Gasteiger partial charge in [0.1, 0.15) is 59.8 Å². The van der Waals surface area contributed by atoms with Crippen LogP contribution in [0.1, 0.15) is 301 Å². The Morgan fingerprint density at radius 1 is 0.477 bits per heavy atom. The minimum atomic E-state index is -1.13. The van der Waals surface area contributed by atoms with Gasteiger partial charge in [-0.1, -0.05) is 239 Å². The standard InChI is InChI=1S/C34H49N3O5.C34H50O6.C26H41N3O4.C13H21N.CH2O2/c1-6-7-15-41-16-9-8-10-28-24(4)31(36-37-35)18-30(28)33(22-38)19-26-17-29(23(2)3)34(33,20-26)32(39)42-21-25-11-13-27(40-5)14-12-25;1-6-7-15-39-16-9-8-10-28-24(4)31(36)18-30(28)33(22-35)19-26-17-29(23(2)3)34(33,20-26)32(37)40-21-25-11-13-27(38-5)14-12-25;1-5-6-10-33-11-8-7-9-20-18(4)23(28-29-27)13-22(20)25(16-30)14-19-12-21(17(2)3)26(25,15-19)24(31)32;1-12(2,3)10-8-7-9-11(14-10)13(4,5)6;2-1-3/h11-14,17,22-24,26,28,30-31H,6-10,15-16,18-21H2,1-5H3;11-14,17,22-24,26,28,30-31,36H,6-10,15-16,18-21H2,1-5H3;12,16-20,22-23H,5-11,13-15H2,1-4H3,(H,31,32);7-9H,1-6H3;1H,(H,2,3)/t2*24?,26?,28?,30?,31?,33-,34+;18?,19?,20?,22?,23?,25-,26+;;/m000../s1. The van der Waals surface area contributed by atoms with Crippen LogP contribution < -0.4 is 9.47 Å². The van der Waals surface area contributed by atoms with Crippen LogP contribution in [-0.2, 0) is 81.3 Å². The van der Waals surface area contributed by atoms with Crippen molar-refractivity contribution in [1.82, 2.24) is 4.98 Å². The lowest BCUT2D eigenvalue weighted by atomic mass is 9.52. The molecule has 0 aliphatic heterocycles. The number of hydrogen-bond acceptors (Lipinski definition) is 18. The van der Waals surface area contributed by atoms with Crippen molar-refractivity contribution in [2.75, 3.05) is 53.9 Å². The number of aldehydes is 3. The number of aliphatic hydroxyl groups excluding tert-OH is 1. The number of rotatable bonds is 44. The molecule has 3 aromatic rings. The number of allylic oxidation sites excluding steroid dienone is 3. The predicted molar refractivity (Wildman–Crippen MR) is 516 cm³/mol. The number of aliphatic hydroxyl groups is 1. The van der Waals surface area contributed by atoms with Gasteiger partial charge < -0.3 is 62.9 Å². The van der Waals surface area contributed by atoms with Crippen LogP contribution in [0.2, 0.25) is 0 Å². The lowest BCUT2D eigenvalue weighted by Crippen LogP contribution is -2.53. The Balaban J connectivity index is 0.000000225. The minimum Gasteiger partial charge on any atom is -0.497 e. The number of carbonyl (C=O) groups is 7. The molecule has 0 spiro atoms. The Labute approximate surface area is 788 Å². The first kappa shape index (κ1) is 109. The summed E-state index contributed by atoms with van der Waals surface area (Å²) in [6, 6.07) is 21.0. The number of methoxy groups -OCH3 is 2. The van der Waals surface area contributed by atoms with E-state index in [0.717, 1.165) is 194 Å². The number of hydrogen-bond donors (Lipinski definition) is 3. The normalized spacial score (nSPS) is 30.8. The van der Waals surface area contributed by atoms with E-state index in [9.17, 15) is 44.5 Å². The highest BCUT2D eigenvalue weighted by Gasteiger charge is 2.75. The Morgan fingerprint density at radius 2 is 0.788 bits per heavy atom. The van der Waals surface area contributed by atoms with Gasteiger partial charge in [-0.15, -0.1) is 0 Å². The number of nitrogens with zero attached hydrogens (tertiary/aromatic N) is 7. The predicted octanol–water partition coefficient (Wildman–Crippen LogP) is 24.0. The van der Waals surface area contributed by atoms with Gasteiger partial charge in [0.25, 0.3) is 6.47 Å². The number of aromatic nitrogens is 1. The van der Waals surface area contributed by atoms with Crippen LogP contribution in [0.5, 0.6) is 11.5 Å². The van der Waals surface area contributed by atoms with Crippen molar-refractivity contribution in [3.63, 3.8) is 0 Å². The number of fused-ring (bicyclic) bond motifs is 6. The highest BCUT2D eigenvalue weighted by atomic mass is 16.5. The Kier molecular flexibility index (Phi) is 40.9. The molecule has 6 fully saturated rings. The number of carboxylic acid groups (broad SMARTS) is 2. The number of ether oxygens (including phenoxy) is 7. The van der Waals surface area contributed by atoms with E-state index in [1.165, 1.54) is 11.4 Å². The molecule has 12 rings (SSSR count). The van der Waals surface area contributed by atoms with Crippen molar-refractivity contribution in [2.45, 2.75) is 321 Å². The summed E-state index contributed by atoms with van der Waals surface area (Å²) in [6.07, 6.45) is 29.9. The second-order valence-corrected chi connectivity index (χ2v) is 42.8. The van der Waals surface area contributed by atoms with Crippen molar-refractivity contribution < 1.29 is 82.0 Å². The largest absolute Gasteiger partial charge is 0.497 e. The van der Waals surface area contributed by atoms with E-state index >= 15 is 0 Å². The number of pyridine rings is 1. The Morgan fingerprint density at radius 3 is 1.09 bits per heavy atom. The highest BCUT2D eigenvalue weighted by Crippen LogP contribution is 2.75. The quantitative estimate of drug-likeness (QED) is 0.00900. The molecular formula is C108H163N7O17. The number of carboxylic acids is 1. The van der Waals surface area contributed by atoms with Gasteiger partial charge in [0.05, 0.1) is 20.3 Å². The van der Waals surface area contributed by atoms with Gasteiger partial charge in [0, 0.05) is 100 Å². The molecular weight excluding hydrogens is 1670 g/mol. The highest BCUT2D eigenvalue weighted by molar-refractivity contribution is 5.91. The molecule has 3 N–H and O–H groups in total. The molecule has 1 aromatic heterocycles. The molecule has 9 aliphatic carbocycles. The van der Waals surface area contributed by atoms with Crippen LogP contribution in [-0.4, -0.2) is 136 Å². The minimum absolute atomic E-state index is 0.0583. The molecule has 6 bridgehead atoms. The van der Waals surface area contributed by atoms with Crippen molar-refractivity contribution in [2.24, 2.45) is 131 Å². The third kappa shape index (κ3) is 23.9. The Bertz CT molecular complexity index is 4400. The first-order valence-electron chi connectivity index (χ1n) is 49.9. The third-order valence-corrected chi connectivity index (χ3v) is 31.9. The summed E-state index contributed by atoms with van der Waals surface area (Å²) in [4.78, 5) is 101. The van der Waals surface area contributed by atoms with E-state index in [0.29, 0.717) is 57.8 Å². The number of esters is 2. The topological polar surface area (TPSA) is 355 Å². The SMILES string of the molecule is CC(C)(C)c1cccc(C(C)(C)C)n1.CCCCOCCCCC1C(C)C(N=[N+]=[N-])CC1[C@@]1(C=O)CC2C=C(C(C)C)[C@@]1(C(=O)O)C2.CCCCOCCCCC1C(C)C(N=[N+]=[N-])CC1[C@@]1(C=O)CC2C=C(C(C)C)[C@@]1(C(=O)OCc1ccc(OC)cc1)C2.CCCCOCCCCC1C(C)C(O)CC1[C@@]1(C=O)CC2C=C(C(C)C)[C@@]1(C(=O)OCc1ccc(OC)cc1)C2.O=CO. The fourth-order valence-electron chi connectivity index (χ4n) is 25.4. The molecule has 21 atom stereocenters. The molecule has 132 heavy (non-hydrogen) atoms. The monoisotopic (exact) mass is 1830 g/mol.